The third-order valence-corrected chi connectivity index (χ3v) is 14.4. The fourth-order valence-electron chi connectivity index (χ4n) is 10.0. The highest BCUT2D eigenvalue weighted by Crippen LogP contribution is 2.28. The van der Waals surface area contributed by atoms with Crippen molar-refractivity contribution in [3.8, 4) is 11.1 Å². The number of aromatic amines is 1. The molecule has 9 rings (SSSR count). The lowest BCUT2D eigenvalue weighted by Crippen LogP contribution is -2.55. The summed E-state index contributed by atoms with van der Waals surface area (Å²) in [5, 5.41) is 14.0. The van der Waals surface area contributed by atoms with E-state index in [0.717, 1.165) is 74.2 Å². The molecule has 3 aliphatic rings. The van der Waals surface area contributed by atoms with Crippen molar-refractivity contribution in [1.82, 2.24) is 49.6 Å². The standard InChI is InChI=1S/C55H62FN11O6/c1-3-37-7-6-8-41(27-37)42-31-48(59-49(68)34-57-32-40-13-16-62(2)50(69)30-40)52(58-33-42)55(73)66-17-14-38(15-18-66)35-63-19-21-64(22-20-63)36-51(70)65-23-25-67(26-24-65)54(72)45-28-39(11-12-46(45)56)29-47-43-9-4-5-10-44(43)53(71)61-60-47/h4-13,16,27-28,30-31,33,38,57H,3,14-15,17-26,29,32,34-36H2,1-2H3,(H,59,68)(H,61,71). The molecule has 3 saturated heterocycles. The third-order valence-electron chi connectivity index (χ3n) is 14.4. The smallest absolute Gasteiger partial charge is 0.274 e. The number of fused-ring (bicyclic) bond motifs is 1. The number of carbonyl (C=O) groups is 4. The summed E-state index contributed by atoms with van der Waals surface area (Å²) in [6, 6.07) is 24.9. The maximum atomic E-state index is 15.1. The molecule has 18 heteroatoms. The molecule has 6 heterocycles. The Balaban J connectivity index is 0.724. The van der Waals surface area contributed by atoms with Gasteiger partial charge in [0, 0.05) is 121 Å². The quantitative estimate of drug-likeness (QED) is 0.134. The first-order chi connectivity index (χ1) is 35.4. The largest absolute Gasteiger partial charge is 0.338 e. The highest BCUT2D eigenvalue weighted by molar-refractivity contribution is 6.03. The zero-order chi connectivity index (χ0) is 51.0. The van der Waals surface area contributed by atoms with E-state index in [1.54, 1.807) is 53.5 Å². The molecule has 0 atom stereocenters. The molecule has 3 N–H and O–H groups in total. The Labute approximate surface area is 423 Å². The van der Waals surface area contributed by atoms with Crippen LogP contribution in [-0.4, -0.2) is 153 Å². The Bertz CT molecular complexity index is 3120. The van der Waals surface area contributed by atoms with E-state index >= 15 is 4.39 Å². The number of likely N-dealkylation sites (tertiary alicyclic amines) is 1. The van der Waals surface area contributed by atoms with Crippen LogP contribution in [0.4, 0.5) is 10.1 Å². The molecule has 0 bridgehead atoms. The second kappa shape index (κ2) is 23.0. The van der Waals surface area contributed by atoms with Crippen LogP contribution in [0.1, 0.15) is 63.0 Å². The highest BCUT2D eigenvalue weighted by Gasteiger charge is 2.31. The lowest BCUT2D eigenvalue weighted by molar-refractivity contribution is -0.134. The molecular weight excluding hydrogens is 930 g/mol. The van der Waals surface area contributed by atoms with Crippen molar-refractivity contribution in [3.05, 3.63) is 157 Å². The van der Waals surface area contributed by atoms with Crippen LogP contribution in [0.2, 0.25) is 0 Å². The van der Waals surface area contributed by atoms with Crippen LogP contribution in [0.3, 0.4) is 0 Å². The van der Waals surface area contributed by atoms with E-state index in [4.69, 9.17) is 0 Å². The van der Waals surface area contributed by atoms with Gasteiger partial charge >= 0.3 is 0 Å². The number of amides is 4. The lowest BCUT2D eigenvalue weighted by Gasteiger charge is -2.40. The second-order valence-electron chi connectivity index (χ2n) is 19.3. The molecule has 0 saturated carbocycles. The van der Waals surface area contributed by atoms with Crippen LogP contribution < -0.4 is 21.8 Å². The first kappa shape index (κ1) is 50.5. The molecule has 3 fully saturated rings. The number of nitrogens with zero attached hydrogens (tertiary/aromatic N) is 8. The van der Waals surface area contributed by atoms with Gasteiger partial charge < -0.3 is 34.8 Å². The highest BCUT2D eigenvalue weighted by atomic mass is 19.1. The zero-order valence-corrected chi connectivity index (χ0v) is 41.4. The number of aromatic nitrogens is 4. The summed E-state index contributed by atoms with van der Waals surface area (Å²) in [5.41, 5.74) is 5.05. The van der Waals surface area contributed by atoms with Gasteiger partial charge in [0.2, 0.25) is 11.8 Å². The average molecular weight is 992 g/mol. The van der Waals surface area contributed by atoms with Crippen molar-refractivity contribution in [2.45, 2.75) is 39.2 Å². The van der Waals surface area contributed by atoms with Gasteiger partial charge in [-0.15, -0.1) is 0 Å². The number of piperidine rings is 1. The number of anilines is 1. The summed E-state index contributed by atoms with van der Waals surface area (Å²) in [6.45, 7) is 9.20. The van der Waals surface area contributed by atoms with Crippen molar-refractivity contribution in [3.63, 3.8) is 0 Å². The number of aryl methyl sites for hydroxylation is 2. The number of carbonyl (C=O) groups excluding carboxylic acids is 4. The van der Waals surface area contributed by atoms with E-state index in [2.05, 4.69) is 54.7 Å². The summed E-state index contributed by atoms with van der Waals surface area (Å²) in [4.78, 5) is 93.4. The number of hydrogen-bond acceptors (Lipinski definition) is 11. The van der Waals surface area contributed by atoms with Gasteiger partial charge in [-0.05, 0) is 77.8 Å². The van der Waals surface area contributed by atoms with Crippen molar-refractivity contribution in [2.24, 2.45) is 13.0 Å². The molecule has 73 heavy (non-hydrogen) atoms. The summed E-state index contributed by atoms with van der Waals surface area (Å²) in [7, 11) is 1.68. The van der Waals surface area contributed by atoms with Crippen LogP contribution >= 0.6 is 0 Å². The van der Waals surface area contributed by atoms with Crippen LogP contribution in [-0.2, 0) is 36.0 Å². The minimum Gasteiger partial charge on any atom is -0.338 e. The minimum absolute atomic E-state index is 0.0119. The minimum atomic E-state index is -0.616. The first-order valence-corrected chi connectivity index (χ1v) is 25.2. The van der Waals surface area contributed by atoms with Crippen molar-refractivity contribution in [1.29, 1.82) is 0 Å². The van der Waals surface area contributed by atoms with Gasteiger partial charge in [0.15, 0.2) is 5.69 Å². The van der Waals surface area contributed by atoms with Crippen LogP contribution in [0.25, 0.3) is 21.9 Å². The topological polar surface area (TPSA) is 189 Å². The van der Waals surface area contributed by atoms with E-state index in [9.17, 15) is 28.8 Å². The van der Waals surface area contributed by atoms with Gasteiger partial charge in [-0.25, -0.2) is 14.5 Å². The molecule has 4 amide bonds. The third kappa shape index (κ3) is 12.3. The van der Waals surface area contributed by atoms with E-state index in [1.165, 1.54) is 16.7 Å². The molecule has 3 aromatic carbocycles. The molecule has 3 aromatic heterocycles. The van der Waals surface area contributed by atoms with Crippen molar-refractivity contribution in [2.75, 3.05) is 90.4 Å². The number of pyridine rings is 2. The molecule has 6 aromatic rings. The maximum absolute atomic E-state index is 15.1. The van der Waals surface area contributed by atoms with Gasteiger partial charge in [0.05, 0.1) is 35.4 Å². The van der Waals surface area contributed by atoms with Gasteiger partial charge in [0.1, 0.15) is 5.82 Å². The lowest BCUT2D eigenvalue weighted by atomic mass is 9.95. The van der Waals surface area contributed by atoms with Gasteiger partial charge in [-0.2, -0.15) is 5.10 Å². The van der Waals surface area contributed by atoms with E-state index in [1.807, 2.05) is 41.3 Å². The van der Waals surface area contributed by atoms with E-state index in [0.29, 0.717) is 92.4 Å². The van der Waals surface area contributed by atoms with Crippen LogP contribution in [0.15, 0.2) is 107 Å². The number of piperazine rings is 2. The van der Waals surface area contributed by atoms with Crippen molar-refractivity contribution >= 4 is 40.1 Å². The number of H-pyrrole nitrogens is 1. The normalized spacial score (nSPS) is 16.0. The Morgan fingerprint density at radius 2 is 1.45 bits per heavy atom. The Morgan fingerprint density at radius 3 is 2.21 bits per heavy atom. The molecular formula is C55H62FN11O6. The van der Waals surface area contributed by atoms with E-state index in [-0.39, 0.29) is 46.6 Å². The molecule has 380 valence electrons. The Morgan fingerprint density at radius 1 is 0.726 bits per heavy atom. The summed E-state index contributed by atoms with van der Waals surface area (Å²) in [5.74, 6) is -1.19. The molecule has 17 nitrogen and oxygen atoms in total. The Hall–Kier alpha value is -7.41. The number of nitrogens with one attached hydrogen (secondary N) is 3. The van der Waals surface area contributed by atoms with Gasteiger partial charge in [-0.1, -0.05) is 55.5 Å². The SMILES string of the molecule is CCc1cccc(-c2cnc(C(=O)N3CCC(CN4CCN(CC(=O)N5CCN(C(=O)c6cc(Cc7n[nH]c(=O)c8ccccc78)ccc6F)CC5)CC4)CC3)c(NC(=O)CNCc3ccn(C)c(=O)c3)c2)c1. The summed E-state index contributed by atoms with van der Waals surface area (Å²) < 4.78 is 16.6. The average Bonchev–Trinajstić information content (AvgIpc) is 3.41. The number of benzene rings is 3. The van der Waals surface area contributed by atoms with Crippen molar-refractivity contribution < 1.29 is 23.6 Å². The maximum Gasteiger partial charge on any atom is 0.274 e. The predicted molar refractivity (Wildman–Crippen MR) is 277 cm³/mol. The molecule has 3 aliphatic heterocycles. The summed E-state index contributed by atoms with van der Waals surface area (Å²) >= 11 is 0. The fourth-order valence-corrected chi connectivity index (χ4v) is 10.0. The predicted octanol–water partition coefficient (Wildman–Crippen LogP) is 4.16. The summed E-state index contributed by atoms with van der Waals surface area (Å²) in [6.07, 6.45) is 6.21. The molecule has 0 radical (unpaired) electrons. The first-order valence-electron chi connectivity index (χ1n) is 25.2. The second-order valence-corrected chi connectivity index (χ2v) is 19.3. The Kier molecular flexibility index (Phi) is 15.9. The fraction of sp³-hybridized carbons (Fsp3) is 0.382. The monoisotopic (exact) mass is 991 g/mol. The number of halogens is 1. The zero-order valence-electron chi connectivity index (χ0n) is 41.4. The van der Waals surface area contributed by atoms with Gasteiger partial charge in [-0.3, -0.25) is 33.7 Å². The molecule has 0 unspecified atom stereocenters. The van der Waals surface area contributed by atoms with Crippen LogP contribution in [0, 0.1) is 11.7 Å². The number of hydrogen-bond donors (Lipinski definition) is 3. The van der Waals surface area contributed by atoms with Crippen LogP contribution in [0.5, 0.6) is 0 Å². The molecule has 0 aliphatic carbocycles. The number of rotatable bonds is 15. The van der Waals surface area contributed by atoms with Gasteiger partial charge in [0.25, 0.3) is 22.9 Å². The van der Waals surface area contributed by atoms with E-state index < -0.39 is 11.7 Å². The molecule has 0 spiro atoms.